The molecule has 0 unspecified atom stereocenters. The van der Waals surface area contributed by atoms with Crippen molar-refractivity contribution in [3.63, 3.8) is 0 Å². The maximum absolute atomic E-state index is 13.0. The Bertz CT molecular complexity index is 505. The average Bonchev–Trinajstić information content (AvgIpc) is 2.99. The van der Waals surface area contributed by atoms with Crippen LogP contribution < -0.4 is 0 Å². The van der Waals surface area contributed by atoms with E-state index in [1.54, 1.807) is 0 Å². The molecule has 1 saturated carbocycles. The van der Waals surface area contributed by atoms with Crippen LogP contribution in [-0.4, -0.2) is 42.5 Å². The summed E-state index contributed by atoms with van der Waals surface area (Å²) in [5.74, 6) is 0.389. The number of hydrogen-bond acceptors (Lipinski definition) is 3. The zero-order valence-electron chi connectivity index (χ0n) is 12.3. The van der Waals surface area contributed by atoms with E-state index in [0.717, 1.165) is 49.2 Å². The van der Waals surface area contributed by atoms with Gasteiger partial charge in [0.25, 0.3) is 0 Å². The van der Waals surface area contributed by atoms with Gasteiger partial charge in [0.1, 0.15) is 0 Å². The zero-order valence-corrected chi connectivity index (χ0v) is 13.9. The van der Waals surface area contributed by atoms with Gasteiger partial charge in [-0.3, -0.25) is 9.69 Å². The number of Topliss-reactive ketones (excluding diaryl/α,β-unsaturated/α-hetero) is 1. The molecule has 0 aromatic heterocycles. The van der Waals surface area contributed by atoms with E-state index < -0.39 is 0 Å². The highest BCUT2D eigenvalue weighted by Crippen LogP contribution is 2.37. The molecule has 0 radical (unpaired) electrons. The molecule has 1 aliphatic heterocycles. The van der Waals surface area contributed by atoms with E-state index in [9.17, 15) is 4.79 Å². The molecule has 0 amide bonds. The number of ether oxygens (including phenoxy) is 1. The van der Waals surface area contributed by atoms with Crippen LogP contribution in [0.2, 0.25) is 0 Å². The molecule has 2 aliphatic rings. The molecule has 2 fully saturated rings. The van der Waals surface area contributed by atoms with Gasteiger partial charge >= 0.3 is 0 Å². The first-order chi connectivity index (χ1) is 10.2. The average molecular weight is 352 g/mol. The van der Waals surface area contributed by atoms with Crippen molar-refractivity contribution in [3.05, 3.63) is 34.3 Å². The normalized spacial score (nSPS) is 22.3. The van der Waals surface area contributed by atoms with Gasteiger partial charge in [0.15, 0.2) is 5.78 Å². The number of ketones is 1. The monoisotopic (exact) mass is 351 g/mol. The van der Waals surface area contributed by atoms with Gasteiger partial charge in [0.05, 0.1) is 18.8 Å². The second-order valence-corrected chi connectivity index (χ2v) is 6.98. The Hall–Kier alpha value is -0.710. The Balaban J connectivity index is 1.78. The van der Waals surface area contributed by atoms with Crippen molar-refractivity contribution >= 4 is 21.7 Å². The number of halogens is 1. The standard InChI is InChI=1S/C17H22BrNO2/c18-15-5-3-4-14(12-15)13-16(20)17(6-1-2-7-17)19-8-10-21-11-9-19/h3-5,12H,1-2,6-11,13H2. The lowest BCUT2D eigenvalue weighted by Crippen LogP contribution is -2.57. The van der Waals surface area contributed by atoms with E-state index in [-0.39, 0.29) is 5.54 Å². The summed E-state index contributed by atoms with van der Waals surface area (Å²) in [6.45, 7) is 3.30. The van der Waals surface area contributed by atoms with Gasteiger partial charge in [-0.15, -0.1) is 0 Å². The minimum absolute atomic E-state index is 0.230. The van der Waals surface area contributed by atoms with Crippen molar-refractivity contribution in [2.45, 2.75) is 37.6 Å². The van der Waals surface area contributed by atoms with Gasteiger partial charge in [0.2, 0.25) is 0 Å². The lowest BCUT2D eigenvalue weighted by Gasteiger charge is -2.42. The lowest BCUT2D eigenvalue weighted by molar-refractivity contribution is -0.133. The van der Waals surface area contributed by atoms with Crippen LogP contribution in [0.15, 0.2) is 28.7 Å². The van der Waals surface area contributed by atoms with Crippen LogP contribution in [0.5, 0.6) is 0 Å². The first-order valence-electron chi connectivity index (χ1n) is 7.81. The fourth-order valence-corrected chi connectivity index (χ4v) is 4.17. The van der Waals surface area contributed by atoms with Gasteiger partial charge in [-0.1, -0.05) is 40.9 Å². The highest BCUT2D eigenvalue weighted by molar-refractivity contribution is 9.10. The molecule has 21 heavy (non-hydrogen) atoms. The second kappa shape index (κ2) is 6.59. The van der Waals surface area contributed by atoms with Crippen LogP contribution in [0, 0.1) is 0 Å². The van der Waals surface area contributed by atoms with E-state index in [0.29, 0.717) is 12.2 Å². The van der Waals surface area contributed by atoms with Crippen LogP contribution >= 0.6 is 15.9 Å². The summed E-state index contributed by atoms with van der Waals surface area (Å²) in [4.78, 5) is 15.4. The van der Waals surface area contributed by atoms with Crippen molar-refractivity contribution in [1.82, 2.24) is 4.90 Å². The Morgan fingerprint density at radius 1 is 1.24 bits per heavy atom. The number of morpholine rings is 1. The van der Waals surface area contributed by atoms with Gasteiger partial charge < -0.3 is 4.74 Å². The van der Waals surface area contributed by atoms with Crippen LogP contribution in [0.3, 0.4) is 0 Å². The smallest absolute Gasteiger partial charge is 0.157 e. The third-order valence-corrected chi connectivity index (χ3v) is 5.31. The molecule has 1 aromatic rings. The molecule has 1 aliphatic carbocycles. The van der Waals surface area contributed by atoms with E-state index in [2.05, 4.69) is 26.9 Å². The molecule has 114 valence electrons. The predicted octanol–water partition coefficient (Wildman–Crippen LogP) is 3.21. The van der Waals surface area contributed by atoms with Gasteiger partial charge in [-0.2, -0.15) is 0 Å². The third kappa shape index (κ3) is 3.22. The maximum Gasteiger partial charge on any atom is 0.157 e. The summed E-state index contributed by atoms with van der Waals surface area (Å²) in [5, 5.41) is 0. The molecule has 3 rings (SSSR count). The largest absolute Gasteiger partial charge is 0.379 e. The first kappa shape index (κ1) is 15.2. The summed E-state index contributed by atoms with van der Waals surface area (Å²) in [7, 11) is 0. The van der Waals surface area contributed by atoms with E-state index in [1.165, 1.54) is 12.8 Å². The summed E-state index contributed by atoms with van der Waals surface area (Å²) >= 11 is 3.49. The van der Waals surface area contributed by atoms with Crippen LogP contribution in [0.1, 0.15) is 31.2 Å². The summed E-state index contributed by atoms with van der Waals surface area (Å²) in [5.41, 5.74) is 0.875. The predicted molar refractivity (Wildman–Crippen MR) is 86.4 cm³/mol. The summed E-state index contributed by atoms with van der Waals surface area (Å²) in [6.07, 6.45) is 4.90. The van der Waals surface area contributed by atoms with Crippen molar-refractivity contribution in [2.75, 3.05) is 26.3 Å². The van der Waals surface area contributed by atoms with E-state index in [4.69, 9.17) is 4.74 Å². The summed E-state index contributed by atoms with van der Waals surface area (Å²) < 4.78 is 6.50. The topological polar surface area (TPSA) is 29.5 Å². The number of hydrogen-bond donors (Lipinski definition) is 0. The molecule has 1 heterocycles. The molecule has 1 saturated heterocycles. The number of carbonyl (C=O) groups is 1. The molecule has 3 nitrogen and oxygen atoms in total. The van der Waals surface area contributed by atoms with Crippen molar-refractivity contribution in [1.29, 1.82) is 0 Å². The summed E-state index contributed by atoms with van der Waals surface area (Å²) in [6, 6.07) is 8.11. The molecule has 1 aromatic carbocycles. The Labute approximate surface area is 134 Å². The fraction of sp³-hybridized carbons (Fsp3) is 0.588. The SMILES string of the molecule is O=C(Cc1cccc(Br)c1)C1(N2CCOCC2)CCCC1. The minimum Gasteiger partial charge on any atom is -0.379 e. The first-order valence-corrected chi connectivity index (χ1v) is 8.61. The maximum atomic E-state index is 13.0. The van der Waals surface area contributed by atoms with Gasteiger partial charge in [0, 0.05) is 24.0 Å². The van der Waals surface area contributed by atoms with Gasteiger partial charge in [-0.25, -0.2) is 0 Å². The van der Waals surface area contributed by atoms with Gasteiger partial charge in [-0.05, 0) is 30.5 Å². The molecule has 4 heteroatoms. The highest BCUT2D eigenvalue weighted by atomic mass is 79.9. The van der Waals surface area contributed by atoms with E-state index in [1.807, 2.05) is 18.2 Å². The molecular formula is C17H22BrNO2. The van der Waals surface area contributed by atoms with Crippen molar-refractivity contribution in [2.24, 2.45) is 0 Å². The van der Waals surface area contributed by atoms with Crippen molar-refractivity contribution in [3.8, 4) is 0 Å². The fourth-order valence-electron chi connectivity index (χ4n) is 3.72. The Morgan fingerprint density at radius 3 is 2.62 bits per heavy atom. The van der Waals surface area contributed by atoms with Crippen LogP contribution in [0.4, 0.5) is 0 Å². The third-order valence-electron chi connectivity index (χ3n) is 4.82. The molecule has 0 bridgehead atoms. The number of benzene rings is 1. The highest BCUT2D eigenvalue weighted by Gasteiger charge is 2.45. The molecule has 0 spiro atoms. The molecule has 0 atom stereocenters. The second-order valence-electron chi connectivity index (χ2n) is 6.07. The Morgan fingerprint density at radius 2 is 1.95 bits per heavy atom. The molecular weight excluding hydrogens is 330 g/mol. The quantitative estimate of drug-likeness (QED) is 0.834. The number of rotatable bonds is 4. The van der Waals surface area contributed by atoms with E-state index >= 15 is 0 Å². The van der Waals surface area contributed by atoms with Crippen molar-refractivity contribution < 1.29 is 9.53 Å². The Kier molecular flexibility index (Phi) is 4.77. The van der Waals surface area contributed by atoms with Crippen LogP contribution in [-0.2, 0) is 16.0 Å². The number of carbonyl (C=O) groups excluding carboxylic acids is 1. The number of nitrogens with zero attached hydrogens (tertiary/aromatic N) is 1. The minimum atomic E-state index is -0.230. The van der Waals surface area contributed by atoms with Crippen LogP contribution in [0.25, 0.3) is 0 Å². The molecule has 0 N–H and O–H groups in total. The zero-order chi connectivity index (χ0) is 14.7. The lowest BCUT2D eigenvalue weighted by atomic mass is 9.86.